The zero-order chi connectivity index (χ0) is 19.5. The summed E-state index contributed by atoms with van der Waals surface area (Å²) in [5.74, 6) is 1.45. The number of hydrogen-bond donors (Lipinski definition) is 3. The number of aromatic nitrogens is 1. The maximum absolute atomic E-state index is 12.0. The third-order valence-corrected chi connectivity index (χ3v) is 4.57. The molecule has 28 heavy (non-hydrogen) atoms. The van der Waals surface area contributed by atoms with E-state index in [2.05, 4.69) is 25.9 Å². The predicted molar refractivity (Wildman–Crippen MR) is 125 cm³/mol. The summed E-state index contributed by atoms with van der Waals surface area (Å²) < 4.78 is 5.69. The van der Waals surface area contributed by atoms with Gasteiger partial charge in [-0.15, -0.1) is 35.3 Å². The van der Waals surface area contributed by atoms with E-state index in [9.17, 15) is 4.79 Å². The molecule has 0 radical (unpaired) electrons. The minimum absolute atomic E-state index is 0. The molecule has 154 valence electrons. The van der Waals surface area contributed by atoms with Crippen LogP contribution in [-0.4, -0.2) is 49.6 Å². The van der Waals surface area contributed by atoms with Gasteiger partial charge < -0.3 is 20.7 Å². The number of carbonyl (C=O) groups is 1. The van der Waals surface area contributed by atoms with Gasteiger partial charge in [-0.05, 0) is 32.9 Å². The standard InChI is InChI=1S/C19H27N5O2S.HI/c1-4-20-19(23-11-12-26-16-7-5-14(2)6-8-16)22-10-9-21-18(25)17-15(3)24-13-27-17;/h5-8,13H,4,9-12H2,1-3H3,(H,21,25)(H2,20,22,23);1H. The molecule has 0 aliphatic rings. The molecule has 0 aliphatic carbocycles. The van der Waals surface area contributed by atoms with E-state index >= 15 is 0 Å². The first-order valence-electron chi connectivity index (χ1n) is 9.00. The normalized spacial score (nSPS) is 10.8. The third kappa shape index (κ3) is 8.42. The second-order valence-corrected chi connectivity index (χ2v) is 6.73. The molecular formula is C19H28IN5O2S. The number of aliphatic imine (C=N–C) groups is 1. The van der Waals surface area contributed by atoms with Gasteiger partial charge in [0.15, 0.2) is 5.96 Å². The minimum Gasteiger partial charge on any atom is -0.492 e. The van der Waals surface area contributed by atoms with Crippen LogP contribution in [0.25, 0.3) is 0 Å². The summed E-state index contributed by atoms with van der Waals surface area (Å²) in [7, 11) is 0. The molecule has 0 bridgehead atoms. The van der Waals surface area contributed by atoms with Gasteiger partial charge in [0.2, 0.25) is 0 Å². The molecule has 9 heteroatoms. The van der Waals surface area contributed by atoms with Crippen molar-refractivity contribution in [1.82, 2.24) is 20.9 Å². The Morgan fingerprint density at radius 3 is 2.54 bits per heavy atom. The summed E-state index contributed by atoms with van der Waals surface area (Å²) in [4.78, 5) is 21.2. The first-order valence-corrected chi connectivity index (χ1v) is 9.88. The largest absolute Gasteiger partial charge is 0.492 e. The van der Waals surface area contributed by atoms with Gasteiger partial charge in [-0.1, -0.05) is 17.7 Å². The Hall–Kier alpha value is -1.88. The Kier molecular flexibility index (Phi) is 11.5. The van der Waals surface area contributed by atoms with E-state index in [4.69, 9.17) is 4.74 Å². The average molecular weight is 517 g/mol. The smallest absolute Gasteiger partial charge is 0.263 e. The van der Waals surface area contributed by atoms with E-state index in [0.29, 0.717) is 37.1 Å². The Morgan fingerprint density at radius 2 is 1.89 bits per heavy atom. The number of nitrogens with zero attached hydrogens (tertiary/aromatic N) is 2. The number of amides is 1. The SMILES string of the molecule is CCNC(=NCCNC(=O)c1scnc1C)NCCOc1ccc(C)cc1.I. The van der Waals surface area contributed by atoms with Crippen molar-refractivity contribution in [3.05, 3.63) is 45.9 Å². The number of hydrogen-bond acceptors (Lipinski definition) is 5. The van der Waals surface area contributed by atoms with Crippen LogP contribution in [0.15, 0.2) is 34.8 Å². The number of halogens is 1. The molecule has 2 aromatic rings. The number of carbonyl (C=O) groups excluding carboxylic acids is 1. The molecule has 0 atom stereocenters. The van der Waals surface area contributed by atoms with Crippen molar-refractivity contribution in [2.24, 2.45) is 4.99 Å². The summed E-state index contributed by atoms with van der Waals surface area (Å²) in [5.41, 5.74) is 3.64. The molecule has 0 aliphatic heterocycles. The Bertz CT molecular complexity index is 749. The minimum atomic E-state index is -0.102. The molecular weight excluding hydrogens is 489 g/mol. The maximum atomic E-state index is 12.0. The fourth-order valence-corrected chi connectivity index (χ4v) is 2.97. The molecule has 3 N–H and O–H groups in total. The number of rotatable bonds is 9. The molecule has 2 rings (SSSR count). The highest BCUT2D eigenvalue weighted by Crippen LogP contribution is 2.11. The second-order valence-electron chi connectivity index (χ2n) is 5.87. The van der Waals surface area contributed by atoms with Gasteiger partial charge in [-0.2, -0.15) is 0 Å². The van der Waals surface area contributed by atoms with E-state index in [1.54, 1.807) is 5.51 Å². The summed E-state index contributed by atoms with van der Waals surface area (Å²) in [5, 5.41) is 9.26. The lowest BCUT2D eigenvalue weighted by Gasteiger charge is -2.12. The van der Waals surface area contributed by atoms with Crippen LogP contribution in [0.5, 0.6) is 5.75 Å². The van der Waals surface area contributed by atoms with Crippen LogP contribution in [-0.2, 0) is 0 Å². The summed E-state index contributed by atoms with van der Waals surface area (Å²) in [6, 6.07) is 7.97. The van der Waals surface area contributed by atoms with Gasteiger partial charge in [0.05, 0.1) is 24.3 Å². The quantitative estimate of drug-likeness (QED) is 0.206. The molecule has 0 fully saturated rings. The lowest BCUT2D eigenvalue weighted by Crippen LogP contribution is -2.40. The fourth-order valence-electron chi connectivity index (χ4n) is 2.25. The molecule has 0 saturated carbocycles. The molecule has 0 spiro atoms. The van der Waals surface area contributed by atoms with Crippen molar-refractivity contribution in [3.8, 4) is 5.75 Å². The van der Waals surface area contributed by atoms with Crippen LogP contribution in [0, 0.1) is 13.8 Å². The van der Waals surface area contributed by atoms with Crippen molar-refractivity contribution in [3.63, 3.8) is 0 Å². The molecule has 0 saturated heterocycles. The van der Waals surface area contributed by atoms with Gasteiger partial charge in [0.25, 0.3) is 5.91 Å². The van der Waals surface area contributed by atoms with Crippen LogP contribution in [0.1, 0.15) is 27.9 Å². The van der Waals surface area contributed by atoms with E-state index in [1.165, 1.54) is 16.9 Å². The zero-order valence-corrected chi connectivity index (χ0v) is 19.6. The van der Waals surface area contributed by atoms with Gasteiger partial charge in [-0.25, -0.2) is 4.98 Å². The Morgan fingerprint density at radius 1 is 1.14 bits per heavy atom. The monoisotopic (exact) mass is 517 g/mol. The predicted octanol–water partition coefficient (Wildman–Crippen LogP) is 2.74. The topological polar surface area (TPSA) is 87.6 Å². The molecule has 0 unspecified atom stereocenters. The molecule has 1 aromatic carbocycles. The van der Waals surface area contributed by atoms with Crippen molar-refractivity contribution in [1.29, 1.82) is 0 Å². The van der Waals surface area contributed by atoms with Gasteiger partial charge in [-0.3, -0.25) is 9.79 Å². The number of guanidine groups is 1. The fraction of sp³-hybridized carbons (Fsp3) is 0.421. The van der Waals surface area contributed by atoms with Crippen LogP contribution < -0.4 is 20.7 Å². The summed E-state index contributed by atoms with van der Waals surface area (Å²) in [6.45, 7) is 8.76. The van der Waals surface area contributed by atoms with Crippen LogP contribution >= 0.6 is 35.3 Å². The molecule has 1 heterocycles. The molecule has 7 nitrogen and oxygen atoms in total. The number of thiazole rings is 1. The van der Waals surface area contributed by atoms with Crippen molar-refractivity contribution >= 4 is 47.2 Å². The van der Waals surface area contributed by atoms with Crippen molar-refractivity contribution in [2.45, 2.75) is 20.8 Å². The highest BCUT2D eigenvalue weighted by Gasteiger charge is 2.10. The summed E-state index contributed by atoms with van der Waals surface area (Å²) >= 11 is 1.35. The first-order chi connectivity index (χ1) is 13.1. The van der Waals surface area contributed by atoms with Crippen LogP contribution in [0.3, 0.4) is 0 Å². The van der Waals surface area contributed by atoms with Gasteiger partial charge in [0.1, 0.15) is 17.2 Å². The number of benzene rings is 1. The lowest BCUT2D eigenvalue weighted by atomic mass is 10.2. The first kappa shape index (κ1) is 24.2. The van der Waals surface area contributed by atoms with Crippen molar-refractivity contribution < 1.29 is 9.53 Å². The number of nitrogens with one attached hydrogen (secondary N) is 3. The van der Waals surface area contributed by atoms with Crippen molar-refractivity contribution in [2.75, 3.05) is 32.8 Å². The van der Waals surface area contributed by atoms with Gasteiger partial charge in [0, 0.05) is 13.1 Å². The van der Waals surface area contributed by atoms with Crippen LogP contribution in [0.2, 0.25) is 0 Å². The molecule has 1 amide bonds. The third-order valence-electron chi connectivity index (χ3n) is 3.65. The van der Waals surface area contributed by atoms with E-state index in [0.717, 1.165) is 18.0 Å². The maximum Gasteiger partial charge on any atom is 0.263 e. The van der Waals surface area contributed by atoms with E-state index in [-0.39, 0.29) is 29.9 Å². The Balaban J connectivity index is 0.00000392. The van der Waals surface area contributed by atoms with Gasteiger partial charge >= 0.3 is 0 Å². The second kappa shape index (κ2) is 13.3. The highest BCUT2D eigenvalue weighted by molar-refractivity contribution is 14.0. The lowest BCUT2D eigenvalue weighted by molar-refractivity contribution is 0.0958. The van der Waals surface area contributed by atoms with E-state index in [1.807, 2.05) is 45.0 Å². The zero-order valence-electron chi connectivity index (χ0n) is 16.4. The van der Waals surface area contributed by atoms with E-state index < -0.39 is 0 Å². The Labute approximate surface area is 187 Å². The number of ether oxygens (including phenoxy) is 1. The van der Waals surface area contributed by atoms with Crippen LogP contribution in [0.4, 0.5) is 0 Å². The number of aryl methyl sites for hydroxylation is 2. The highest BCUT2D eigenvalue weighted by atomic mass is 127. The molecule has 1 aromatic heterocycles. The average Bonchev–Trinajstić information content (AvgIpc) is 3.09. The summed E-state index contributed by atoms with van der Waals surface area (Å²) in [6.07, 6.45) is 0.